The highest BCUT2D eigenvalue weighted by atomic mass is 16.6. The van der Waals surface area contributed by atoms with Gasteiger partial charge in [-0.2, -0.15) is 0 Å². The molecular weight excluding hydrogens is 432 g/mol. The van der Waals surface area contributed by atoms with Crippen molar-refractivity contribution in [2.75, 3.05) is 40.8 Å². The first-order chi connectivity index (χ1) is 16.1. The monoisotopic (exact) mass is 464 g/mol. The third-order valence-corrected chi connectivity index (χ3v) is 6.21. The number of amides is 2. The molecule has 0 N–H and O–H groups in total. The Morgan fingerprint density at radius 3 is 2.47 bits per heavy atom. The van der Waals surface area contributed by atoms with E-state index in [9.17, 15) is 19.7 Å². The maximum absolute atomic E-state index is 13.0. The van der Waals surface area contributed by atoms with Crippen molar-refractivity contribution in [1.82, 2.24) is 14.7 Å². The Morgan fingerprint density at radius 1 is 1.12 bits per heavy atom. The summed E-state index contributed by atoms with van der Waals surface area (Å²) in [5.41, 5.74) is 2.89. The summed E-state index contributed by atoms with van der Waals surface area (Å²) in [5, 5.41) is 11.9. The zero-order chi connectivity index (χ0) is 25.0. The molecule has 8 nitrogen and oxygen atoms in total. The Hall–Kier alpha value is -3.52. The normalized spacial score (nSPS) is 16.8. The largest absolute Gasteiger partial charge is 0.347 e. The number of hydrogen-bond acceptors (Lipinski definition) is 5. The summed E-state index contributed by atoms with van der Waals surface area (Å²) >= 11 is 0. The molecule has 34 heavy (non-hydrogen) atoms. The van der Waals surface area contributed by atoms with Crippen LogP contribution in [0.1, 0.15) is 30.9 Å². The van der Waals surface area contributed by atoms with E-state index < -0.39 is 6.04 Å². The molecule has 0 aromatic heterocycles. The number of carbonyl (C=O) groups is 2. The first kappa shape index (κ1) is 25.1. The van der Waals surface area contributed by atoms with Gasteiger partial charge in [-0.3, -0.25) is 24.6 Å². The zero-order valence-corrected chi connectivity index (χ0v) is 20.4. The third-order valence-electron chi connectivity index (χ3n) is 6.21. The fourth-order valence-electron chi connectivity index (χ4n) is 4.28. The number of nitrogens with zero attached hydrogens (tertiary/aromatic N) is 4. The minimum atomic E-state index is -0.396. The second-order valence-corrected chi connectivity index (χ2v) is 9.09. The van der Waals surface area contributed by atoms with Crippen LogP contribution in [0.2, 0.25) is 0 Å². The Kier molecular flexibility index (Phi) is 7.83. The molecule has 1 atom stereocenters. The fourth-order valence-corrected chi connectivity index (χ4v) is 4.28. The summed E-state index contributed by atoms with van der Waals surface area (Å²) < 4.78 is 0. The summed E-state index contributed by atoms with van der Waals surface area (Å²) in [6, 6.07) is 12.2. The van der Waals surface area contributed by atoms with Crippen molar-refractivity contribution in [2.45, 2.75) is 25.8 Å². The second-order valence-electron chi connectivity index (χ2n) is 9.09. The standard InChI is InChI=1S/C26H32N4O4/c1-18(2)20-10-6-7-11-21(20)25-19(9-8-12-22(25)30(33)34)13-14-24(31)29-16-15-28(5)23(17-29)26(32)27(3)4/h6-14,18,23H,15-17H2,1-5H3/b14-13+. The predicted molar refractivity (Wildman–Crippen MR) is 133 cm³/mol. The zero-order valence-electron chi connectivity index (χ0n) is 20.4. The van der Waals surface area contributed by atoms with Gasteiger partial charge in [0.2, 0.25) is 11.8 Å². The van der Waals surface area contributed by atoms with Gasteiger partial charge < -0.3 is 9.80 Å². The highest BCUT2D eigenvalue weighted by Crippen LogP contribution is 2.38. The molecule has 1 saturated heterocycles. The van der Waals surface area contributed by atoms with E-state index in [1.807, 2.05) is 50.1 Å². The number of nitro groups is 1. The van der Waals surface area contributed by atoms with Crippen LogP contribution in [0.3, 0.4) is 0 Å². The molecule has 0 radical (unpaired) electrons. The van der Waals surface area contributed by atoms with Gasteiger partial charge in [0.25, 0.3) is 5.69 Å². The van der Waals surface area contributed by atoms with Crippen molar-refractivity contribution in [1.29, 1.82) is 0 Å². The highest BCUT2D eigenvalue weighted by molar-refractivity contribution is 5.95. The lowest BCUT2D eigenvalue weighted by Gasteiger charge is -2.39. The molecule has 1 fully saturated rings. The van der Waals surface area contributed by atoms with Crippen LogP contribution in [0.25, 0.3) is 17.2 Å². The smallest absolute Gasteiger partial charge is 0.277 e. The van der Waals surface area contributed by atoms with Crippen LogP contribution in [0.4, 0.5) is 5.69 Å². The number of piperazine rings is 1. The number of likely N-dealkylation sites (N-methyl/N-ethyl adjacent to an activating group) is 2. The average molecular weight is 465 g/mol. The topological polar surface area (TPSA) is 87.0 Å². The molecule has 2 aromatic rings. The number of carbonyl (C=O) groups excluding carboxylic acids is 2. The van der Waals surface area contributed by atoms with Crippen molar-refractivity contribution in [3.8, 4) is 11.1 Å². The van der Waals surface area contributed by atoms with Crippen molar-refractivity contribution >= 4 is 23.6 Å². The highest BCUT2D eigenvalue weighted by Gasteiger charge is 2.32. The van der Waals surface area contributed by atoms with Gasteiger partial charge in [0.15, 0.2) is 0 Å². The van der Waals surface area contributed by atoms with E-state index in [2.05, 4.69) is 0 Å². The lowest BCUT2D eigenvalue weighted by Crippen LogP contribution is -2.58. The van der Waals surface area contributed by atoms with Crippen LogP contribution < -0.4 is 0 Å². The predicted octanol–water partition coefficient (Wildman–Crippen LogP) is 3.63. The second kappa shape index (κ2) is 10.6. The van der Waals surface area contributed by atoms with Crippen molar-refractivity contribution in [3.05, 3.63) is 69.8 Å². The van der Waals surface area contributed by atoms with Gasteiger partial charge in [-0.1, -0.05) is 50.2 Å². The Labute approximate surface area is 200 Å². The van der Waals surface area contributed by atoms with Crippen LogP contribution in [0.15, 0.2) is 48.5 Å². The minimum absolute atomic E-state index is 0.000981. The lowest BCUT2D eigenvalue weighted by molar-refractivity contribution is -0.384. The van der Waals surface area contributed by atoms with Gasteiger partial charge in [0, 0.05) is 45.9 Å². The Morgan fingerprint density at radius 2 is 1.82 bits per heavy atom. The maximum Gasteiger partial charge on any atom is 0.277 e. The maximum atomic E-state index is 13.0. The van der Waals surface area contributed by atoms with Gasteiger partial charge in [0.1, 0.15) is 6.04 Å². The molecule has 2 amide bonds. The van der Waals surface area contributed by atoms with Crippen molar-refractivity contribution in [2.24, 2.45) is 0 Å². The summed E-state index contributed by atoms with van der Waals surface area (Å²) in [6.07, 6.45) is 3.09. The minimum Gasteiger partial charge on any atom is -0.347 e. The van der Waals surface area contributed by atoms with E-state index >= 15 is 0 Å². The van der Waals surface area contributed by atoms with E-state index in [4.69, 9.17) is 0 Å². The van der Waals surface area contributed by atoms with Crippen LogP contribution in [0.5, 0.6) is 0 Å². The molecule has 1 unspecified atom stereocenters. The first-order valence-corrected chi connectivity index (χ1v) is 11.4. The molecule has 1 aliphatic rings. The van der Waals surface area contributed by atoms with E-state index in [1.165, 1.54) is 17.0 Å². The fraction of sp³-hybridized carbons (Fsp3) is 0.385. The van der Waals surface area contributed by atoms with Gasteiger partial charge in [-0.25, -0.2) is 0 Å². The molecule has 1 heterocycles. The average Bonchev–Trinajstić information content (AvgIpc) is 2.81. The lowest BCUT2D eigenvalue weighted by atomic mass is 9.89. The van der Waals surface area contributed by atoms with Gasteiger partial charge in [0.05, 0.1) is 10.5 Å². The van der Waals surface area contributed by atoms with E-state index in [0.717, 1.165) is 11.1 Å². The first-order valence-electron chi connectivity index (χ1n) is 11.4. The Balaban J connectivity index is 1.95. The molecular formula is C26H32N4O4. The number of hydrogen-bond donors (Lipinski definition) is 0. The van der Waals surface area contributed by atoms with Gasteiger partial charge in [-0.05, 0) is 35.7 Å². The van der Waals surface area contributed by atoms with Crippen LogP contribution in [-0.2, 0) is 9.59 Å². The van der Waals surface area contributed by atoms with E-state index in [0.29, 0.717) is 30.8 Å². The summed E-state index contributed by atoms with van der Waals surface area (Å²) in [7, 11) is 5.29. The third kappa shape index (κ3) is 5.34. The van der Waals surface area contributed by atoms with Gasteiger partial charge >= 0.3 is 0 Å². The summed E-state index contributed by atoms with van der Waals surface area (Å²) in [4.78, 5) is 42.2. The van der Waals surface area contributed by atoms with Gasteiger partial charge in [-0.15, -0.1) is 0 Å². The molecule has 180 valence electrons. The Bertz CT molecular complexity index is 1110. The SMILES string of the molecule is CC(C)c1ccccc1-c1c(/C=C/C(=O)N2CCN(C)C(C(=O)N(C)C)C2)cccc1[N+](=O)[O-]. The molecule has 0 bridgehead atoms. The summed E-state index contributed by atoms with van der Waals surface area (Å²) in [6.45, 7) is 5.49. The van der Waals surface area contributed by atoms with Crippen molar-refractivity contribution in [3.63, 3.8) is 0 Å². The number of benzene rings is 2. The summed E-state index contributed by atoms with van der Waals surface area (Å²) in [5.74, 6) is -0.0968. The molecule has 1 aliphatic heterocycles. The van der Waals surface area contributed by atoms with E-state index in [-0.39, 0.29) is 28.3 Å². The molecule has 2 aromatic carbocycles. The molecule has 0 saturated carbocycles. The van der Waals surface area contributed by atoms with E-state index in [1.54, 1.807) is 37.2 Å². The molecule has 3 rings (SSSR count). The molecule has 0 aliphatic carbocycles. The number of rotatable bonds is 6. The molecule has 0 spiro atoms. The van der Waals surface area contributed by atoms with Crippen LogP contribution >= 0.6 is 0 Å². The van der Waals surface area contributed by atoms with Crippen molar-refractivity contribution < 1.29 is 14.5 Å². The molecule has 8 heteroatoms. The van der Waals surface area contributed by atoms with Crippen LogP contribution in [-0.4, -0.2) is 78.3 Å². The number of nitro benzene ring substituents is 1. The quantitative estimate of drug-likeness (QED) is 0.370. The van der Waals surface area contributed by atoms with Crippen LogP contribution in [0, 0.1) is 10.1 Å².